The first kappa shape index (κ1) is 19.6. The van der Waals surface area contributed by atoms with Crippen LogP contribution < -0.4 is 5.32 Å². The van der Waals surface area contributed by atoms with Crippen molar-refractivity contribution in [1.82, 2.24) is 25.1 Å². The summed E-state index contributed by atoms with van der Waals surface area (Å²) in [6, 6.07) is 21.9. The van der Waals surface area contributed by atoms with E-state index in [1.54, 1.807) is 4.68 Å². The summed E-state index contributed by atoms with van der Waals surface area (Å²) in [7, 11) is 0. The Morgan fingerprint density at radius 2 is 1.66 bits per heavy atom. The van der Waals surface area contributed by atoms with E-state index in [0.29, 0.717) is 11.0 Å². The fourth-order valence-corrected chi connectivity index (χ4v) is 3.58. The average molecular weight is 423 g/mol. The molecule has 0 unspecified atom stereocenters. The van der Waals surface area contributed by atoms with Crippen LogP contribution in [0.15, 0.2) is 91.4 Å². The number of nitrogens with one attached hydrogen (secondary N) is 1. The molecule has 5 rings (SSSR count). The number of hydrogen-bond acceptors (Lipinski definition) is 4. The molecule has 0 aliphatic carbocycles. The van der Waals surface area contributed by atoms with Crippen molar-refractivity contribution < 1.29 is 9.18 Å². The van der Waals surface area contributed by atoms with Crippen molar-refractivity contribution in [3.8, 4) is 16.9 Å². The summed E-state index contributed by atoms with van der Waals surface area (Å²) in [6.07, 6.45) is 4.84. The minimum Gasteiger partial charge on any atom is -0.348 e. The molecular weight excluding hydrogens is 405 g/mol. The molecule has 2 heterocycles. The second kappa shape index (κ2) is 8.39. The molecule has 2 aromatic heterocycles. The first-order chi connectivity index (χ1) is 15.7. The highest BCUT2D eigenvalue weighted by atomic mass is 19.1. The number of nitrogens with zero attached hydrogens (tertiary/aromatic N) is 4. The third kappa shape index (κ3) is 3.83. The largest absolute Gasteiger partial charge is 0.348 e. The lowest BCUT2D eigenvalue weighted by Crippen LogP contribution is -2.23. The number of carbonyl (C=O) groups excluding carboxylic acids is 1. The van der Waals surface area contributed by atoms with Crippen LogP contribution in [0.2, 0.25) is 0 Å². The monoisotopic (exact) mass is 423 g/mol. The van der Waals surface area contributed by atoms with E-state index in [-0.39, 0.29) is 12.1 Å². The third-order valence-corrected chi connectivity index (χ3v) is 5.08. The zero-order chi connectivity index (χ0) is 21.9. The van der Waals surface area contributed by atoms with Crippen LogP contribution in [0.1, 0.15) is 15.9 Å². The highest BCUT2D eigenvalue weighted by Crippen LogP contribution is 2.24. The summed E-state index contributed by atoms with van der Waals surface area (Å²) in [5, 5.41) is 7.63. The molecule has 156 valence electrons. The average Bonchev–Trinajstić information content (AvgIpc) is 3.27. The quantitative estimate of drug-likeness (QED) is 0.450. The van der Waals surface area contributed by atoms with E-state index < -0.39 is 11.7 Å². The van der Waals surface area contributed by atoms with Crippen LogP contribution in [0.5, 0.6) is 0 Å². The van der Waals surface area contributed by atoms with E-state index in [2.05, 4.69) is 15.3 Å². The predicted molar refractivity (Wildman–Crippen MR) is 120 cm³/mol. The van der Waals surface area contributed by atoms with Gasteiger partial charge in [-0.05, 0) is 18.2 Å². The molecule has 0 radical (unpaired) electrons. The van der Waals surface area contributed by atoms with Crippen LogP contribution in [0.25, 0.3) is 28.0 Å². The molecule has 1 N–H and O–H groups in total. The first-order valence-corrected chi connectivity index (χ1v) is 10.1. The Labute approximate surface area is 183 Å². The van der Waals surface area contributed by atoms with Crippen molar-refractivity contribution in [1.29, 1.82) is 0 Å². The van der Waals surface area contributed by atoms with E-state index in [4.69, 9.17) is 5.10 Å². The maximum absolute atomic E-state index is 14.0. The minimum absolute atomic E-state index is 0.143. The number of aromatic nitrogens is 4. The van der Waals surface area contributed by atoms with Gasteiger partial charge < -0.3 is 5.32 Å². The molecule has 0 bridgehead atoms. The van der Waals surface area contributed by atoms with Gasteiger partial charge in [0.25, 0.3) is 5.91 Å². The molecule has 0 spiro atoms. The fourth-order valence-electron chi connectivity index (χ4n) is 3.58. The topological polar surface area (TPSA) is 72.7 Å². The number of benzene rings is 3. The van der Waals surface area contributed by atoms with Crippen LogP contribution in [0.4, 0.5) is 4.39 Å². The Kier molecular flexibility index (Phi) is 5.13. The molecule has 0 aliphatic rings. The summed E-state index contributed by atoms with van der Waals surface area (Å²) >= 11 is 0. The summed E-state index contributed by atoms with van der Waals surface area (Å²) in [5.41, 5.74) is 4.28. The van der Waals surface area contributed by atoms with E-state index >= 15 is 0 Å². The second-order valence-corrected chi connectivity index (χ2v) is 7.21. The Morgan fingerprint density at radius 1 is 0.938 bits per heavy atom. The SMILES string of the molecule is O=C(NCc1cn(-c2ccccc2)nc1-c1ccccc1)c1cc(F)cc2nccnc12. The lowest BCUT2D eigenvalue weighted by Gasteiger charge is -2.08. The molecule has 1 amide bonds. The number of para-hydroxylation sites is 1. The zero-order valence-electron chi connectivity index (χ0n) is 16.9. The van der Waals surface area contributed by atoms with Gasteiger partial charge in [-0.2, -0.15) is 5.10 Å². The maximum atomic E-state index is 14.0. The third-order valence-electron chi connectivity index (χ3n) is 5.08. The Hall–Kier alpha value is -4.39. The smallest absolute Gasteiger partial charge is 0.253 e. The lowest BCUT2D eigenvalue weighted by atomic mass is 10.1. The van der Waals surface area contributed by atoms with Crippen LogP contribution in [-0.4, -0.2) is 25.7 Å². The van der Waals surface area contributed by atoms with Crippen LogP contribution in [0.3, 0.4) is 0 Å². The molecule has 3 aromatic carbocycles. The van der Waals surface area contributed by atoms with Gasteiger partial charge in [0.15, 0.2) is 0 Å². The molecule has 32 heavy (non-hydrogen) atoms. The Bertz CT molecular complexity index is 1400. The predicted octanol–water partition coefficient (Wildman–Crippen LogP) is 4.55. The van der Waals surface area contributed by atoms with E-state index in [0.717, 1.165) is 22.5 Å². The molecule has 0 fully saturated rings. The highest BCUT2D eigenvalue weighted by molar-refractivity contribution is 6.04. The van der Waals surface area contributed by atoms with Crippen molar-refractivity contribution in [3.05, 3.63) is 108 Å². The van der Waals surface area contributed by atoms with Gasteiger partial charge in [-0.3, -0.25) is 14.8 Å². The summed E-state index contributed by atoms with van der Waals surface area (Å²) < 4.78 is 15.8. The van der Waals surface area contributed by atoms with Gasteiger partial charge in [-0.15, -0.1) is 0 Å². The Morgan fingerprint density at radius 3 is 2.44 bits per heavy atom. The zero-order valence-corrected chi connectivity index (χ0v) is 16.9. The second-order valence-electron chi connectivity index (χ2n) is 7.21. The van der Waals surface area contributed by atoms with Crippen LogP contribution in [-0.2, 0) is 6.54 Å². The van der Waals surface area contributed by atoms with Gasteiger partial charge in [0.05, 0.1) is 22.5 Å². The van der Waals surface area contributed by atoms with Crippen molar-refractivity contribution in [3.63, 3.8) is 0 Å². The van der Waals surface area contributed by atoms with Crippen molar-refractivity contribution in [2.24, 2.45) is 0 Å². The van der Waals surface area contributed by atoms with Gasteiger partial charge >= 0.3 is 0 Å². The molecule has 0 atom stereocenters. The number of rotatable bonds is 5. The molecule has 7 heteroatoms. The molecule has 0 saturated carbocycles. The van der Waals surface area contributed by atoms with Gasteiger partial charge in [0.1, 0.15) is 11.3 Å². The van der Waals surface area contributed by atoms with E-state index in [9.17, 15) is 9.18 Å². The molecule has 5 aromatic rings. The highest BCUT2D eigenvalue weighted by Gasteiger charge is 2.17. The van der Waals surface area contributed by atoms with Crippen molar-refractivity contribution >= 4 is 16.9 Å². The number of carbonyl (C=O) groups is 1. The molecule has 6 nitrogen and oxygen atoms in total. The lowest BCUT2D eigenvalue weighted by molar-refractivity contribution is 0.0952. The molecular formula is C25H18FN5O. The van der Waals surface area contributed by atoms with Crippen LogP contribution >= 0.6 is 0 Å². The van der Waals surface area contributed by atoms with Crippen LogP contribution in [0, 0.1) is 5.82 Å². The number of halogens is 1. The summed E-state index contributed by atoms with van der Waals surface area (Å²) in [5.74, 6) is -0.966. The first-order valence-electron chi connectivity index (χ1n) is 10.1. The Balaban J connectivity index is 1.48. The standard InChI is InChI=1S/C25H18FN5O/c26-19-13-21(24-22(14-19)27-11-12-28-24)25(32)29-15-18-16-31(20-9-5-2-6-10-20)30-23(18)17-7-3-1-4-8-17/h1-14,16H,15H2,(H,29,32). The normalized spacial score (nSPS) is 10.9. The summed E-state index contributed by atoms with van der Waals surface area (Å²) in [6.45, 7) is 0.216. The molecule has 0 aliphatic heterocycles. The number of fused-ring (bicyclic) bond motifs is 1. The van der Waals surface area contributed by atoms with Gasteiger partial charge in [-0.25, -0.2) is 9.07 Å². The minimum atomic E-state index is -0.537. The fraction of sp³-hybridized carbons (Fsp3) is 0.0400. The van der Waals surface area contributed by atoms with E-state index in [1.165, 1.54) is 24.5 Å². The van der Waals surface area contributed by atoms with Crippen molar-refractivity contribution in [2.75, 3.05) is 0 Å². The molecule has 0 saturated heterocycles. The van der Waals surface area contributed by atoms with Gasteiger partial charge in [0.2, 0.25) is 0 Å². The maximum Gasteiger partial charge on any atom is 0.253 e. The number of amides is 1. The van der Waals surface area contributed by atoms with E-state index in [1.807, 2.05) is 66.9 Å². The van der Waals surface area contributed by atoms with Crippen molar-refractivity contribution in [2.45, 2.75) is 6.54 Å². The summed E-state index contributed by atoms with van der Waals surface area (Å²) in [4.78, 5) is 21.2. The van der Waals surface area contributed by atoms with Gasteiger partial charge in [-0.1, -0.05) is 48.5 Å². The number of hydrogen-bond donors (Lipinski definition) is 1. The van der Waals surface area contributed by atoms with Gasteiger partial charge in [0, 0.05) is 42.3 Å².